The van der Waals surface area contributed by atoms with Gasteiger partial charge in [-0.15, -0.1) is 0 Å². The average molecular weight is 258 g/mol. The number of benzene rings is 1. The van der Waals surface area contributed by atoms with Gasteiger partial charge in [0.05, 0.1) is 5.41 Å². The third kappa shape index (κ3) is 2.32. The zero-order valence-corrected chi connectivity index (χ0v) is 11.9. The summed E-state index contributed by atoms with van der Waals surface area (Å²) in [6, 6.07) is 10.2. The molecule has 2 atom stereocenters. The molecule has 0 saturated heterocycles. The van der Waals surface area contributed by atoms with Crippen molar-refractivity contribution in [3.8, 4) is 0 Å². The summed E-state index contributed by atoms with van der Waals surface area (Å²) in [5.41, 5.74) is 0.324. The molecule has 0 bridgehead atoms. The molecule has 1 aromatic carbocycles. The van der Waals surface area contributed by atoms with Gasteiger partial charge in [0, 0.05) is 0 Å². The van der Waals surface area contributed by atoms with Crippen molar-refractivity contribution >= 4 is 12.0 Å². The Morgan fingerprint density at radius 1 is 1.26 bits per heavy atom. The Labute approximate surface area is 115 Å². The standard InChI is InChI=1S/C17H22O2/c1-16(2)14(11-12-17(16,3)15(18)19)10-9-13-7-5-4-6-8-13/h4-10,14H,11-12H2,1-3H3,(H,18,19)/b10-9+/t14-,17-/m1/s1. The summed E-state index contributed by atoms with van der Waals surface area (Å²) in [6.45, 7) is 6.04. The minimum Gasteiger partial charge on any atom is -0.481 e. The molecule has 0 spiro atoms. The highest BCUT2D eigenvalue weighted by atomic mass is 16.4. The Bertz CT molecular complexity index is 487. The van der Waals surface area contributed by atoms with Crippen molar-refractivity contribution in [3.05, 3.63) is 42.0 Å². The van der Waals surface area contributed by atoms with Crippen LogP contribution < -0.4 is 0 Å². The van der Waals surface area contributed by atoms with Crippen LogP contribution in [0, 0.1) is 16.7 Å². The highest BCUT2D eigenvalue weighted by Crippen LogP contribution is 2.56. The zero-order chi connectivity index (χ0) is 14.1. The van der Waals surface area contributed by atoms with Gasteiger partial charge in [0.25, 0.3) is 0 Å². The minimum absolute atomic E-state index is 0.218. The van der Waals surface area contributed by atoms with Gasteiger partial charge >= 0.3 is 5.97 Å². The summed E-state index contributed by atoms with van der Waals surface area (Å²) < 4.78 is 0. The van der Waals surface area contributed by atoms with E-state index in [1.807, 2.05) is 25.1 Å². The third-order valence-corrected chi connectivity index (χ3v) is 5.10. The van der Waals surface area contributed by atoms with Crippen LogP contribution in [-0.4, -0.2) is 11.1 Å². The molecule has 1 aromatic rings. The van der Waals surface area contributed by atoms with E-state index in [9.17, 15) is 9.90 Å². The maximum absolute atomic E-state index is 11.5. The van der Waals surface area contributed by atoms with E-state index in [1.54, 1.807) is 0 Å². The smallest absolute Gasteiger partial charge is 0.309 e. The van der Waals surface area contributed by atoms with Gasteiger partial charge in [0.1, 0.15) is 0 Å². The maximum Gasteiger partial charge on any atom is 0.309 e. The van der Waals surface area contributed by atoms with Crippen molar-refractivity contribution in [2.24, 2.45) is 16.7 Å². The normalized spacial score (nSPS) is 29.7. The van der Waals surface area contributed by atoms with E-state index in [0.29, 0.717) is 5.92 Å². The lowest BCUT2D eigenvalue weighted by molar-refractivity contribution is -0.154. The number of aliphatic carboxylic acids is 1. The van der Waals surface area contributed by atoms with Gasteiger partial charge in [-0.05, 0) is 36.7 Å². The fourth-order valence-electron chi connectivity index (χ4n) is 3.05. The molecule has 1 fully saturated rings. The molecule has 102 valence electrons. The highest BCUT2D eigenvalue weighted by Gasteiger charge is 2.55. The summed E-state index contributed by atoms with van der Waals surface area (Å²) in [5, 5.41) is 9.49. The van der Waals surface area contributed by atoms with Crippen LogP contribution in [0.5, 0.6) is 0 Å². The molecule has 1 saturated carbocycles. The number of carboxylic acids is 1. The minimum atomic E-state index is -0.673. The Morgan fingerprint density at radius 2 is 1.89 bits per heavy atom. The van der Waals surface area contributed by atoms with Gasteiger partial charge in [0.15, 0.2) is 0 Å². The maximum atomic E-state index is 11.5. The SMILES string of the molecule is CC1(C)[C@H](/C=C/c2ccccc2)CC[C@]1(C)C(=O)O. The predicted molar refractivity (Wildman–Crippen MR) is 77.7 cm³/mol. The second kappa shape index (κ2) is 4.84. The molecule has 19 heavy (non-hydrogen) atoms. The van der Waals surface area contributed by atoms with Gasteiger partial charge in [-0.1, -0.05) is 56.3 Å². The quantitative estimate of drug-likeness (QED) is 0.881. The molecule has 0 aromatic heterocycles. The van der Waals surface area contributed by atoms with Crippen molar-refractivity contribution in [2.75, 3.05) is 0 Å². The Balaban J connectivity index is 2.20. The van der Waals surface area contributed by atoms with E-state index in [1.165, 1.54) is 5.56 Å². The molecule has 0 heterocycles. The molecule has 0 aliphatic heterocycles. The lowest BCUT2D eigenvalue weighted by Crippen LogP contribution is -2.40. The molecule has 0 radical (unpaired) electrons. The summed E-state index contributed by atoms with van der Waals surface area (Å²) in [5.74, 6) is -0.359. The molecule has 1 N–H and O–H groups in total. The first-order chi connectivity index (χ1) is 8.88. The number of rotatable bonds is 3. The van der Waals surface area contributed by atoms with Crippen molar-refractivity contribution in [1.29, 1.82) is 0 Å². The van der Waals surface area contributed by atoms with Gasteiger partial charge in [-0.3, -0.25) is 4.79 Å². The molecule has 2 nitrogen and oxygen atoms in total. The van der Waals surface area contributed by atoms with E-state index in [0.717, 1.165) is 12.8 Å². The second-order valence-electron chi connectivity index (χ2n) is 6.27. The Kier molecular flexibility index (Phi) is 3.53. The van der Waals surface area contributed by atoms with Gasteiger partial charge < -0.3 is 5.11 Å². The van der Waals surface area contributed by atoms with Gasteiger partial charge in [-0.25, -0.2) is 0 Å². The number of carbonyl (C=O) groups is 1. The molecule has 0 amide bonds. The lowest BCUT2D eigenvalue weighted by Gasteiger charge is -2.37. The molecule has 2 heteroatoms. The number of carboxylic acid groups (broad SMARTS) is 1. The summed E-state index contributed by atoms with van der Waals surface area (Å²) in [4.78, 5) is 11.5. The fourth-order valence-corrected chi connectivity index (χ4v) is 3.05. The Hall–Kier alpha value is -1.57. The first-order valence-corrected chi connectivity index (χ1v) is 6.84. The molecule has 0 unspecified atom stereocenters. The van der Waals surface area contributed by atoms with Crippen LogP contribution in [-0.2, 0) is 4.79 Å². The third-order valence-electron chi connectivity index (χ3n) is 5.10. The van der Waals surface area contributed by atoms with Gasteiger partial charge in [0.2, 0.25) is 0 Å². The highest BCUT2D eigenvalue weighted by molar-refractivity contribution is 5.76. The summed E-state index contributed by atoms with van der Waals surface area (Å²) in [7, 11) is 0. The van der Waals surface area contributed by atoms with Crippen LogP contribution in [0.3, 0.4) is 0 Å². The molecule has 2 rings (SSSR count). The van der Waals surface area contributed by atoms with E-state index in [2.05, 4.69) is 38.1 Å². The van der Waals surface area contributed by atoms with E-state index >= 15 is 0 Å². The van der Waals surface area contributed by atoms with Crippen LogP contribution in [0.2, 0.25) is 0 Å². The predicted octanol–water partition coefficient (Wildman–Crippen LogP) is 4.23. The number of hydrogen-bond donors (Lipinski definition) is 1. The van der Waals surface area contributed by atoms with Gasteiger partial charge in [-0.2, -0.15) is 0 Å². The topological polar surface area (TPSA) is 37.3 Å². The van der Waals surface area contributed by atoms with Crippen LogP contribution >= 0.6 is 0 Å². The first-order valence-electron chi connectivity index (χ1n) is 6.84. The van der Waals surface area contributed by atoms with E-state index in [-0.39, 0.29) is 5.41 Å². The molecular formula is C17H22O2. The average Bonchev–Trinajstić information content (AvgIpc) is 2.61. The monoisotopic (exact) mass is 258 g/mol. The fraction of sp³-hybridized carbons (Fsp3) is 0.471. The van der Waals surface area contributed by atoms with E-state index < -0.39 is 11.4 Å². The zero-order valence-electron chi connectivity index (χ0n) is 11.9. The molecule has 1 aliphatic carbocycles. The largest absolute Gasteiger partial charge is 0.481 e. The summed E-state index contributed by atoms with van der Waals surface area (Å²) in [6.07, 6.45) is 5.99. The lowest BCUT2D eigenvalue weighted by atomic mass is 9.65. The van der Waals surface area contributed by atoms with Crippen molar-refractivity contribution in [3.63, 3.8) is 0 Å². The van der Waals surface area contributed by atoms with Crippen LogP contribution in [0.25, 0.3) is 6.08 Å². The van der Waals surface area contributed by atoms with Crippen molar-refractivity contribution in [2.45, 2.75) is 33.6 Å². The number of allylic oxidation sites excluding steroid dienone is 1. The number of hydrogen-bond acceptors (Lipinski definition) is 1. The van der Waals surface area contributed by atoms with Crippen LogP contribution in [0.4, 0.5) is 0 Å². The van der Waals surface area contributed by atoms with Crippen molar-refractivity contribution < 1.29 is 9.90 Å². The first kappa shape index (κ1) is 13.9. The molecular weight excluding hydrogens is 236 g/mol. The van der Waals surface area contributed by atoms with E-state index in [4.69, 9.17) is 0 Å². The molecule has 1 aliphatic rings. The van der Waals surface area contributed by atoms with Crippen LogP contribution in [0.1, 0.15) is 39.2 Å². The van der Waals surface area contributed by atoms with Crippen LogP contribution in [0.15, 0.2) is 36.4 Å². The summed E-state index contributed by atoms with van der Waals surface area (Å²) >= 11 is 0. The second-order valence-corrected chi connectivity index (χ2v) is 6.27. The Morgan fingerprint density at radius 3 is 2.42 bits per heavy atom. The van der Waals surface area contributed by atoms with Crippen molar-refractivity contribution in [1.82, 2.24) is 0 Å².